The first-order valence-corrected chi connectivity index (χ1v) is 4.81. The van der Waals surface area contributed by atoms with Crippen LogP contribution in [0, 0.1) is 0 Å². The fourth-order valence-corrected chi connectivity index (χ4v) is 1.70. The molecule has 1 heterocycles. The molecule has 2 rings (SSSR count). The third-order valence-corrected chi connectivity index (χ3v) is 2.38. The molecule has 4 heteroatoms. The van der Waals surface area contributed by atoms with Crippen LogP contribution in [0.2, 0.25) is 0 Å². The summed E-state index contributed by atoms with van der Waals surface area (Å²) < 4.78 is 0. The average molecular weight is 217 g/mol. The highest BCUT2D eigenvalue weighted by atomic mass is 16.3. The third kappa shape index (κ3) is 1.54. The third-order valence-electron chi connectivity index (χ3n) is 2.38. The Morgan fingerprint density at radius 2 is 1.88 bits per heavy atom. The number of carbonyl (C=O) groups is 1. The van der Waals surface area contributed by atoms with Crippen molar-refractivity contribution in [1.82, 2.24) is 4.98 Å². The Morgan fingerprint density at radius 1 is 1.19 bits per heavy atom. The summed E-state index contributed by atoms with van der Waals surface area (Å²) in [5.74, 6) is -0.460. The van der Waals surface area contributed by atoms with Gasteiger partial charge in [0.15, 0.2) is 5.78 Å². The number of aromatic nitrogens is 1. The number of H-pyrrole nitrogens is 1. The van der Waals surface area contributed by atoms with E-state index in [1.807, 2.05) is 0 Å². The Labute approximate surface area is 92.2 Å². The highest BCUT2D eigenvalue weighted by Crippen LogP contribution is 2.36. The Balaban J connectivity index is 2.76. The molecule has 1 aromatic carbocycles. The molecule has 1 aromatic heterocycles. The van der Waals surface area contributed by atoms with E-state index in [0.717, 1.165) is 0 Å². The lowest BCUT2D eigenvalue weighted by molar-refractivity contribution is 0.101. The first-order valence-electron chi connectivity index (χ1n) is 4.81. The van der Waals surface area contributed by atoms with Crippen LogP contribution in [0.5, 0.6) is 11.5 Å². The fourth-order valence-electron chi connectivity index (χ4n) is 1.70. The minimum absolute atomic E-state index is 0.0366. The standard InChI is InChI=1S/C12H11NO3/c1-7(14)11-9(15)4-5-10(16)12(11)8-3-2-6-13-8/h2-6,13,15-16H,1H3. The van der Waals surface area contributed by atoms with Gasteiger partial charge in [0.05, 0.1) is 11.1 Å². The van der Waals surface area contributed by atoms with Crippen LogP contribution in [0.1, 0.15) is 17.3 Å². The molecule has 3 N–H and O–H groups in total. The number of hydrogen-bond donors (Lipinski definition) is 3. The van der Waals surface area contributed by atoms with E-state index in [1.165, 1.54) is 19.1 Å². The molecule has 0 amide bonds. The molecule has 0 unspecified atom stereocenters. The molecule has 0 aliphatic heterocycles. The lowest BCUT2D eigenvalue weighted by Crippen LogP contribution is -1.97. The molecule has 16 heavy (non-hydrogen) atoms. The summed E-state index contributed by atoms with van der Waals surface area (Å²) in [7, 11) is 0. The number of rotatable bonds is 2. The summed E-state index contributed by atoms with van der Waals surface area (Å²) in [5.41, 5.74) is 1.05. The molecular formula is C12H11NO3. The van der Waals surface area contributed by atoms with Crippen molar-refractivity contribution in [2.24, 2.45) is 0 Å². The van der Waals surface area contributed by atoms with E-state index in [-0.39, 0.29) is 22.8 Å². The lowest BCUT2D eigenvalue weighted by atomic mass is 9.99. The van der Waals surface area contributed by atoms with E-state index in [4.69, 9.17) is 0 Å². The van der Waals surface area contributed by atoms with Crippen molar-refractivity contribution in [3.8, 4) is 22.8 Å². The summed E-state index contributed by atoms with van der Waals surface area (Å²) in [6, 6.07) is 6.14. The number of benzene rings is 1. The maximum absolute atomic E-state index is 11.4. The molecule has 82 valence electrons. The Hall–Kier alpha value is -2.23. The number of aromatic amines is 1. The van der Waals surface area contributed by atoms with E-state index >= 15 is 0 Å². The monoisotopic (exact) mass is 217 g/mol. The average Bonchev–Trinajstić information content (AvgIpc) is 2.73. The van der Waals surface area contributed by atoms with Crippen molar-refractivity contribution in [2.75, 3.05) is 0 Å². The van der Waals surface area contributed by atoms with Gasteiger partial charge in [-0.3, -0.25) is 4.79 Å². The molecule has 0 radical (unpaired) electrons. The summed E-state index contributed by atoms with van der Waals surface area (Å²) in [4.78, 5) is 14.3. The molecule has 0 bridgehead atoms. The molecule has 0 atom stereocenters. The molecule has 2 aromatic rings. The topological polar surface area (TPSA) is 73.3 Å². The molecule has 0 fully saturated rings. The highest BCUT2D eigenvalue weighted by Gasteiger charge is 2.18. The highest BCUT2D eigenvalue weighted by molar-refractivity contribution is 6.04. The first kappa shape index (κ1) is 10.3. The van der Waals surface area contributed by atoms with E-state index in [2.05, 4.69) is 4.98 Å². The van der Waals surface area contributed by atoms with Crippen LogP contribution in [0.3, 0.4) is 0 Å². The van der Waals surface area contributed by atoms with Crippen molar-refractivity contribution in [3.63, 3.8) is 0 Å². The zero-order valence-electron chi connectivity index (χ0n) is 8.69. The lowest BCUT2D eigenvalue weighted by Gasteiger charge is -2.09. The minimum atomic E-state index is -0.294. The predicted octanol–water partition coefficient (Wildman–Crippen LogP) is 2.30. The van der Waals surface area contributed by atoms with Crippen LogP contribution in [-0.4, -0.2) is 21.0 Å². The van der Waals surface area contributed by atoms with Crippen LogP contribution < -0.4 is 0 Å². The number of Topliss-reactive ketones (excluding diaryl/α,β-unsaturated/α-hetero) is 1. The smallest absolute Gasteiger partial charge is 0.164 e. The molecular weight excluding hydrogens is 206 g/mol. The van der Waals surface area contributed by atoms with Gasteiger partial charge in [-0.25, -0.2) is 0 Å². The van der Waals surface area contributed by atoms with Crippen molar-refractivity contribution in [2.45, 2.75) is 6.92 Å². The van der Waals surface area contributed by atoms with Gasteiger partial charge in [-0.2, -0.15) is 0 Å². The molecule has 0 saturated heterocycles. The summed E-state index contributed by atoms with van der Waals surface area (Å²) >= 11 is 0. The van der Waals surface area contributed by atoms with Gasteiger partial charge in [-0.05, 0) is 31.2 Å². The molecule has 4 nitrogen and oxygen atoms in total. The van der Waals surface area contributed by atoms with Gasteiger partial charge in [-0.15, -0.1) is 0 Å². The van der Waals surface area contributed by atoms with Crippen molar-refractivity contribution >= 4 is 5.78 Å². The van der Waals surface area contributed by atoms with Crippen LogP contribution >= 0.6 is 0 Å². The maximum atomic E-state index is 11.4. The predicted molar refractivity (Wildman–Crippen MR) is 59.6 cm³/mol. The van der Waals surface area contributed by atoms with Gasteiger partial charge in [0.2, 0.25) is 0 Å². The first-order chi connectivity index (χ1) is 7.61. The van der Waals surface area contributed by atoms with Gasteiger partial charge in [0.1, 0.15) is 11.5 Å². The van der Waals surface area contributed by atoms with Crippen LogP contribution in [0.25, 0.3) is 11.3 Å². The van der Waals surface area contributed by atoms with Crippen molar-refractivity contribution in [3.05, 3.63) is 36.0 Å². The van der Waals surface area contributed by atoms with E-state index in [9.17, 15) is 15.0 Å². The number of ketones is 1. The molecule has 0 saturated carbocycles. The number of hydrogen-bond acceptors (Lipinski definition) is 3. The van der Waals surface area contributed by atoms with Gasteiger partial charge in [0.25, 0.3) is 0 Å². The second kappa shape index (κ2) is 3.73. The van der Waals surface area contributed by atoms with Crippen LogP contribution in [0.15, 0.2) is 30.5 Å². The van der Waals surface area contributed by atoms with Gasteiger partial charge < -0.3 is 15.2 Å². The van der Waals surface area contributed by atoms with Gasteiger partial charge in [0, 0.05) is 11.9 Å². The van der Waals surface area contributed by atoms with Gasteiger partial charge >= 0.3 is 0 Å². The van der Waals surface area contributed by atoms with E-state index in [0.29, 0.717) is 11.3 Å². The normalized spacial score (nSPS) is 10.3. The second-order valence-corrected chi connectivity index (χ2v) is 3.49. The largest absolute Gasteiger partial charge is 0.507 e. The number of aromatic hydroxyl groups is 2. The van der Waals surface area contributed by atoms with E-state index < -0.39 is 0 Å². The van der Waals surface area contributed by atoms with Crippen molar-refractivity contribution in [1.29, 1.82) is 0 Å². The molecule has 0 spiro atoms. The quantitative estimate of drug-likeness (QED) is 0.533. The summed E-state index contributed by atoms with van der Waals surface area (Å²) in [6.45, 7) is 1.35. The Bertz CT molecular complexity index is 529. The van der Waals surface area contributed by atoms with Crippen molar-refractivity contribution < 1.29 is 15.0 Å². The van der Waals surface area contributed by atoms with Gasteiger partial charge in [-0.1, -0.05) is 0 Å². The Morgan fingerprint density at radius 3 is 2.44 bits per heavy atom. The zero-order valence-corrected chi connectivity index (χ0v) is 8.69. The zero-order chi connectivity index (χ0) is 11.7. The van der Waals surface area contributed by atoms with Crippen LogP contribution in [-0.2, 0) is 0 Å². The van der Waals surface area contributed by atoms with E-state index in [1.54, 1.807) is 18.3 Å². The number of phenolic OH excluding ortho intramolecular Hbond substituents is 2. The van der Waals surface area contributed by atoms with Crippen LogP contribution in [0.4, 0.5) is 0 Å². The fraction of sp³-hybridized carbons (Fsp3) is 0.0833. The maximum Gasteiger partial charge on any atom is 0.164 e. The molecule has 0 aliphatic rings. The minimum Gasteiger partial charge on any atom is -0.507 e. The molecule has 0 aliphatic carbocycles. The number of nitrogens with one attached hydrogen (secondary N) is 1. The number of phenols is 2. The SMILES string of the molecule is CC(=O)c1c(O)ccc(O)c1-c1ccc[nH]1. The second-order valence-electron chi connectivity index (χ2n) is 3.49. The summed E-state index contributed by atoms with van der Waals surface area (Å²) in [5, 5.41) is 19.4. The Kier molecular flexibility index (Phi) is 2.40. The number of carbonyl (C=O) groups excluding carboxylic acids is 1. The summed E-state index contributed by atoms with van der Waals surface area (Å²) in [6.07, 6.45) is 1.68.